The van der Waals surface area contributed by atoms with Gasteiger partial charge in [0.15, 0.2) is 0 Å². The highest BCUT2D eigenvalue weighted by atomic mass is 16.4. The lowest BCUT2D eigenvalue weighted by Gasteiger charge is -2.22. The summed E-state index contributed by atoms with van der Waals surface area (Å²) in [6.45, 7) is 7.95. The molecule has 1 aliphatic rings. The molecule has 0 spiro atoms. The van der Waals surface area contributed by atoms with Gasteiger partial charge in [0.2, 0.25) is 0 Å². The first-order chi connectivity index (χ1) is 8.00. The minimum atomic E-state index is -0.827. The highest BCUT2D eigenvalue weighted by Gasteiger charge is 2.14. The van der Waals surface area contributed by atoms with Gasteiger partial charge in [-0.15, -0.1) is 0 Å². The van der Waals surface area contributed by atoms with E-state index >= 15 is 0 Å². The van der Waals surface area contributed by atoms with E-state index in [2.05, 4.69) is 19.6 Å². The van der Waals surface area contributed by atoms with Gasteiger partial charge in [-0.3, -0.25) is 0 Å². The van der Waals surface area contributed by atoms with Crippen LogP contribution in [0.4, 0.5) is 0 Å². The molecular weight excluding hydrogens is 212 g/mol. The zero-order valence-electron chi connectivity index (χ0n) is 10.8. The highest BCUT2D eigenvalue weighted by molar-refractivity contribution is 5.85. The largest absolute Gasteiger partial charge is 0.478 e. The van der Waals surface area contributed by atoms with E-state index in [1.165, 1.54) is 24.0 Å². The van der Waals surface area contributed by atoms with Gasteiger partial charge >= 0.3 is 5.97 Å². The average molecular weight is 234 g/mol. The van der Waals surface area contributed by atoms with Gasteiger partial charge in [-0.05, 0) is 51.9 Å². The van der Waals surface area contributed by atoms with Crippen molar-refractivity contribution in [3.8, 4) is 0 Å². The van der Waals surface area contributed by atoms with Gasteiger partial charge in [0, 0.05) is 5.57 Å². The van der Waals surface area contributed by atoms with Crippen molar-refractivity contribution in [2.75, 3.05) is 0 Å². The number of carbonyl (C=O) groups is 1. The van der Waals surface area contributed by atoms with E-state index in [-0.39, 0.29) is 0 Å². The molecular formula is C15H22O2. The van der Waals surface area contributed by atoms with Gasteiger partial charge in [-0.25, -0.2) is 4.79 Å². The first-order valence-corrected chi connectivity index (χ1v) is 6.24. The number of aliphatic carboxylic acids is 1. The molecule has 0 aromatic heterocycles. The lowest BCUT2D eigenvalue weighted by molar-refractivity contribution is -0.132. The third-order valence-corrected chi connectivity index (χ3v) is 3.47. The molecule has 1 aliphatic carbocycles. The van der Waals surface area contributed by atoms with Crippen LogP contribution in [0.5, 0.6) is 0 Å². The van der Waals surface area contributed by atoms with Crippen LogP contribution >= 0.6 is 0 Å². The summed E-state index contributed by atoms with van der Waals surface area (Å²) in [7, 11) is 0. The quantitative estimate of drug-likeness (QED) is 0.574. The van der Waals surface area contributed by atoms with Gasteiger partial charge in [-0.1, -0.05) is 29.9 Å². The lowest BCUT2D eigenvalue weighted by Crippen LogP contribution is -2.07. The Hall–Kier alpha value is -1.31. The van der Waals surface area contributed by atoms with Crippen LogP contribution in [0, 0.1) is 5.92 Å². The molecule has 0 aliphatic heterocycles. The molecule has 0 bridgehead atoms. The molecule has 0 fully saturated rings. The molecule has 2 heteroatoms. The molecule has 0 amide bonds. The van der Waals surface area contributed by atoms with E-state index in [0.717, 1.165) is 19.3 Å². The fourth-order valence-corrected chi connectivity index (χ4v) is 2.10. The zero-order valence-corrected chi connectivity index (χ0v) is 10.8. The monoisotopic (exact) mass is 234 g/mol. The fourth-order valence-electron chi connectivity index (χ4n) is 2.10. The number of carboxylic acid groups (broad SMARTS) is 1. The van der Waals surface area contributed by atoms with Crippen LogP contribution in [0.15, 0.2) is 35.5 Å². The van der Waals surface area contributed by atoms with E-state index < -0.39 is 5.97 Å². The maximum Gasteiger partial charge on any atom is 0.330 e. The second-order valence-electron chi connectivity index (χ2n) is 4.91. The van der Waals surface area contributed by atoms with Crippen molar-refractivity contribution >= 4 is 5.97 Å². The van der Waals surface area contributed by atoms with Crippen LogP contribution in [0.25, 0.3) is 0 Å². The van der Waals surface area contributed by atoms with Gasteiger partial charge < -0.3 is 5.11 Å². The number of rotatable bonds is 5. The molecule has 0 radical (unpaired) electrons. The summed E-state index contributed by atoms with van der Waals surface area (Å²) < 4.78 is 0. The summed E-state index contributed by atoms with van der Waals surface area (Å²) in [6.07, 6.45) is 9.26. The SMILES string of the molecule is C=C(CCC=C(C)C(=O)O)C1CC=C(C)CC1. The standard InChI is InChI=1S/C15H22O2/c1-11-7-9-14(10-8-11)12(2)5-4-6-13(3)15(16)17/h6-7,14H,2,4-5,8-10H2,1,3H3,(H,16,17). The maximum atomic E-state index is 10.6. The predicted molar refractivity (Wildman–Crippen MR) is 70.9 cm³/mol. The molecule has 1 atom stereocenters. The first kappa shape index (κ1) is 13.8. The summed E-state index contributed by atoms with van der Waals surface area (Å²) >= 11 is 0. The van der Waals surface area contributed by atoms with Crippen molar-refractivity contribution in [3.05, 3.63) is 35.5 Å². The number of hydrogen-bond acceptors (Lipinski definition) is 1. The molecule has 0 saturated carbocycles. The molecule has 0 heterocycles. The van der Waals surface area contributed by atoms with Crippen LogP contribution < -0.4 is 0 Å². The Morgan fingerprint density at radius 3 is 2.88 bits per heavy atom. The maximum absolute atomic E-state index is 10.6. The Kier molecular flexibility index (Phi) is 5.20. The normalized spacial score (nSPS) is 20.9. The molecule has 1 N–H and O–H groups in total. The summed E-state index contributed by atoms with van der Waals surface area (Å²) in [5, 5.41) is 8.73. The van der Waals surface area contributed by atoms with Crippen molar-refractivity contribution in [1.29, 1.82) is 0 Å². The Morgan fingerprint density at radius 1 is 1.65 bits per heavy atom. The van der Waals surface area contributed by atoms with Crippen LogP contribution in [0.2, 0.25) is 0 Å². The minimum Gasteiger partial charge on any atom is -0.478 e. The Balaban J connectivity index is 2.36. The molecule has 0 aromatic rings. The van der Waals surface area contributed by atoms with Crippen molar-refractivity contribution in [1.82, 2.24) is 0 Å². The van der Waals surface area contributed by atoms with E-state index in [4.69, 9.17) is 5.11 Å². The molecule has 0 saturated heterocycles. The van der Waals surface area contributed by atoms with Crippen molar-refractivity contribution in [2.45, 2.75) is 46.0 Å². The van der Waals surface area contributed by atoms with Crippen LogP contribution in [0.3, 0.4) is 0 Å². The minimum absolute atomic E-state index is 0.428. The lowest BCUT2D eigenvalue weighted by atomic mass is 9.84. The van der Waals surface area contributed by atoms with Crippen molar-refractivity contribution in [2.24, 2.45) is 5.92 Å². The van der Waals surface area contributed by atoms with Crippen LogP contribution in [0.1, 0.15) is 46.0 Å². The Bertz CT molecular complexity index is 361. The van der Waals surface area contributed by atoms with Gasteiger partial charge in [0.1, 0.15) is 0 Å². The van der Waals surface area contributed by atoms with E-state index in [1.54, 1.807) is 13.0 Å². The number of hydrogen-bond donors (Lipinski definition) is 1. The van der Waals surface area contributed by atoms with E-state index in [0.29, 0.717) is 11.5 Å². The first-order valence-electron chi connectivity index (χ1n) is 6.24. The zero-order chi connectivity index (χ0) is 12.8. The highest BCUT2D eigenvalue weighted by Crippen LogP contribution is 2.30. The molecule has 1 unspecified atom stereocenters. The molecule has 0 aromatic carbocycles. The second kappa shape index (κ2) is 6.43. The van der Waals surface area contributed by atoms with E-state index in [1.807, 2.05) is 0 Å². The van der Waals surface area contributed by atoms with Gasteiger partial charge in [0.25, 0.3) is 0 Å². The molecule has 94 valence electrons. The second-order valence-corrected chi connectivity index (χ2v) is 4.91. The van der Waals surface area contributed by atoms with Gasteiger partial charge in [-0.2, -0.15) is 0 Å². The summed E-state index contributed by atoms with van der Waals surface area (Å²) in [5.74, 6) is -0.232. The smallest absolute Gasteiger partial charge is 0.330 e. The van der Waals surface area contributed by atoms with Crippen molar-refractivity contribution in [3.63, 3.8) is 0 Å². The summed E-state index contributed by atoms with van der Waals surface area (Å²) in [5.41, 5.74) is 3.18. The average Bonchev–Trinajstić information content (AvgIpc) is 2.29. The number of allylic oxidation sites excluding steroid dienone is 4. The number of carboxylic acids is 1. The third-order valence-electron chi connectivity index (χ3n) is 3.47. The fraction of sp³-hybridized carbons (Fsp3) is 0.533. The predicted octanol–water partition coefficient (Wildman–Crippen LogP) is 4.10. The van der Waals surface area contributed by atoms with Crippen LogP contribution in [-0.4, -0.2) is 11.1 Å². The van der Waals surface area contributed by atoms with Gasteiger partial charge in [0.05, 0.1) is 0 Å². The third kappa shape index (κ3) is 4.59. The van der Waals surface area contributed by atoms with E-state index in [9.17, 15) is 4.79 Å². The molecule has 1 rings (SSSR count). The summed E-state index contributed by atoms with van der Waals surface area (Å²) in [6, 6.07) is 0. The Labute approximate surface area is 104 Å². The van der Waals surface area contributed by atoms with Crippen molar-refractivity contribution < 1.29 is 9.90 Å². The topological polar surface area (TPSA) is 37.3 Å². The molecule has 2 nitrogen and oxygen atoms in total. The van der Waals surface area contributed by atoms with Crippen LogP contribution in [-0.2, 0) is 4.79 Å². The Morgan fingerprint density at radius 2 is 2.35 bits per heavy atom. The molecule has 17 heavy (non-hydrogen) atoms. The summed E-state index contributed by atoms with van der Waals surface area (Å²) in [4.78, 5) is 10.6.